The molecule has 0 unspecified atom stereocenters. The van der Waals surface area contributed by atoms with Crippen LogP contribution >= 0.6 is 0 Å². The molecule has 1 heterocycles. The monoisotopic (exact) mass is 259 g/mol. The lowest BCUT2D eigenvalue weighted by molar-refractivity contribution is -0.121. The van der Waals surface area contributed by atoms with Gasteiger partial charge < -0.3 is 5.32 Å². The molecule has 0 aliphatic rings. The molecule has 6 nitrogen and oxygen atoms in total. The van der Waals surface area contributed by atoms with Crippen LogP contribution in [0.25, 0.3) is 10.8 Å². The van der Waals surface area contributed by atoms with Crippen LogP contribution in [0.4, 0.5) is 0 Å². The van der Waals surface area contributed by atoms with Crippen LogP contribution in [0.5, 0.6) is 0 Å². The van der Waals surface area contributed by atoms with E-state index in [-0.39, 0.29) is 12.5 Å². The normalized spacial score (nSPS) is 10.3. The number of H-pyrrole nitrogens is 1. The van der Waals surface area contributed by atoms with E-state index in [9.17, 15) is 14.4 Å². The Morgan fingerprint density at radius 3 is 2.68 bits per heavy atom. The number of hydrogen-bond donors (Lipinski definition) is 2. The summed E-state index contributed by atoms with van der Waals surface area (Å²) in [6.45, 7) is 3.55. The van der Waals surface area contributed by atoms with Crippen molar-refractivity contribution >= 4 is 16.7 Å². The van der Waals surface area contributed by atoms with Crippen LogP contribution in [0.3, 0.4) is 0 Å². The average Bonchev–Trinajstić information content (AvgIpc) is 2.42. The van der Waals surface area contributed by atoms with Gasteiger partial charge in [-0.05, 0) is 12.1 Å². The summed E-state index contributed by atoms with van der Waals surface area (Å²) in [7, 11) is 0. The molecule has 0 spiro atoms. The number of nitrogens with zero attached hydrogens (tertiary/aromatic N) is 1. The van der Waals surface area contributed by atoms with Crippen molar-refractivity contribution in [1.29, 1.82) is 0 Å². The number of carbonyl (C=O) groups excluding carboxylic acids is 1. The lowest BCUT2D eigenvalue weighted by atomic mass is 10.2. The molecule has 19 heavy (non-hydrogen) atoms. The third kappa shape index (κ3) is 2.62. The largest absolute Gasteiger partial charge is 0.351 e. The lowest BCUT2D eigenvalue weighted by Gasteiger charge is -2.06. The topological polar surface area (TPSA) is 84.0 Å². The van der Waals surface area contributed by atoms with Gasteiger partial charge in [0, 0.05) is 6.54 Å². The predicted molar refractivity (Wildman–Crippen MR) is 72.0 cm³/mol. The Bertz CT molecular complexity index is 743. The maximum Gasteiger partial charge on any atom is 0.273 e. The average molecular weight is 259 g/mol. The van der Waals surface area contributed by atoms with E-state index in [1.54, 1.807) is 24.3 Å². The Kier molecular flexibility index (Phi) is 3.61. The Balaban J connectivity index is 2.42. The zero-order valence-corrected chi connectivity index (χ0v) is 10.2. The molecule has 98 valence electrons. The van der Waals surface area contributed by atoms with E-state index in [1.807, 2.05) is 0 Å². The van der Waals surface area contributed by atoms with Crippen molar-refractivity contribution in [1.82, 2.24) is 15.1 Å². The van der Waals surface area contributed by atoms with E-state index < -0.39 is 11.1 Å². The number of fused-ring (bicyclic) bond motifs is 1. The maximum atomic E-state index is 12.1. The second kappa shape index (κ2) is 5.34. The fourth-order valence-electron chi connectivity index (χ4n) is 1.74. The minimum atomic E-state index is -0.399. The summed E-state index contributed by atoms with van der Waals surface area (Å²) in [6, 6.07) is 6.48. The van der Waals surface area contributed by atoms with Crippen molar-refractivity contribution in [3.63, 3.8) is 0 Å². The van der Waals surface area contributed by atoms with Gasteiger partial charge >= 0.3 is 0 Å². The van der Waals surface area contributed by atoms with Crippen molar-refractivity contribution < 1.29 is 4.79 Å². The third-order valence-corrected chi connectivity index (χ3v) is 2.63. The van der Waals surface area contributed by atoms with Crippen LogP contribution in [-0.4, -0.2) is 22.2 Å². The third-order valence-electron chi connectivity index (χ3n) is 2.63. The van der Waals surface area contributed by atoms with Gasteiger partial charge in [-0.1, -0.05) is 18.2 Å². The summed E-state index contributed by atoms with van der Waals surface area (Å²) in [6.07, 6.45) is 1.53. The van der Waals surface area contributed by atoms with E-state index >= 15 is 0 Å². The van der Waals surface area contributed by atoms with Gasteiger partial charge in [-0.25, -0.2) is 4.68 Å². The molecule has 0 aliphatic carbocycles. The van der Waals surface area contributed by atoms with Gasteiger partial charge in [0.15, 0.2) is 0 Å². The van der Waals surface area contributed by atoms with Gasteiger partial charge in [-0.3, -0.25) is 19.5 Å². The van der Waals surface area contributed by atoms with E-state index in [1.165, 1.54) is 6.08 Å². The molecule has 0 bridgehead atoms. The van der Waals surface area contributed by atoms with Crippen LogP contribution in [0, 0.1) is 0 Å². The first kappa shape index (κ1) is 12.8. The van der Waals surface area contributed by atoms with E-state index in [0.29, 0.717) is 17.3 Å². The molecule has 0 aliphatic heterocycles. The van der Waals surface area contributed by atoms with Crippen LogP contribution in [0.1, 0.15) is 0 Å². The Morgan fingerprint density at radius 2 is 2.00 bits per heavy atom. The summed E-state index contributed by atoms with van der Waals surface area (Å²) < 4.78 is 1.00. The fraction of sp³-hybridized carbons (Fsp3) is 0.154. The van der Waals surface area contributed by atoms with Crippen molar-refractivity contribution in [2.75, 3.05) is 6.54 Å². The number of aromatic nitrogens is 2. The van der Waals surface area contributed by atoms with Gasteiger partial charge in [0.25, 0.3) is 11.1 Å². The van der Waals surface area contributed by atoms with Gasteiger partial charge in [-0.2, -0.15) is 0 Å². The number of benzene rings is 1. The highest BCUT2D eigenvalue weighted by Crippen LogP contribution is 2.02. The number of amides is 1. The quantitative estimate of drug-likeness (QED) is 0.757. The number of aromatic amines is 1. The first-order valence-corrected chi connectivity index (χ1v) is 5.73. The first-order valence-electron chi connectivity index (χ1n) is 5.73. The molecule has 0 atom stereocenters. The zero-order chi connectivity index (χ0) is 13.8. The summed E-state index contributed by atoms with van der Waals surface area (Å²) in [5.41, 5.74) is -0.796. The highest BCUT2D eigenvalue weighted by atomic mass is 16.2. The van der Waals surface area contributed by atoms with Gasteiger partial charge in [0.2, 0.25) is 5.91 Å². The summed E-state index contributed by atoms with van der Waals surface area (Å²) in [4.78, 5) is 35.4. The number of nitrogens with one attached hydrogen (secondary N) is 2. The molecule has 0 saturated heterocycles. The Hall–Kier alpha value is -2.63. The van der Waals surface area contributed by atoms with Crippen LogP contribution in [0.2, 0.25) is 0 Å². The molecule has 0 radical (unpaired) electrons. The highest BCUT2D eigenvalue weighted by Gasteiger charge is 2.09. The SMILES string of the molecule is C=CCNC(=O)Cn1[nH]c(=O)c2ccccc2c1=O. The Labute approximate surface area is 108 Å². The van der Waals surface area contributed by atoms with Crippen molar-refractivity contribution in [3.05, 3.63) is 57.6 Å². The number of rotatable bonds is 4. The molecule has 1 aromatic heterocycles. The Morgan fingerprint density at radius 1 is 1.32 bits per heavy atom. The standard InChI is InChI=1S/C13H13N3O3/c1-2-7-14-11(17)8-16-13(19)10-6-4-3-5-9(10)12(18)15-16/h2-6H,1,7-8H2,(H,14,17)(H,15,18). The lowest BCUT2D eigenvalue weighted by Crippen LogP contribution is -2.36. The van der Waals surface area contributed by atoms with Crippen molar-refractivity contribution in [3.8, 4) is 0 Å². The van der Waals surface area contributed by atoms with Crippen LogP contribution in [0.15, 0.2) is 46.5 Å². The molecule has 6 heteroatoms. The van der Waals surface area contributed by atoms with Crippen molar-refractivity contribution in [2.45, 2.75) is 6.54 Å². The maximum absolute atomic E-state index is 12.1. The van der Waals surface area contributed by atoms with Gasteiger partial charge in [0.05, 0.1) is 10.8 Å². The summed E-state index contributed by atoms with van der Waals surface area (Å²) in [5.74, 6) is -0.368. The zero-order valence-electron chi connectivity index (χ0n) is 10.2. The van der Waals surface area contributed by atoms with Crippen LogP contribution in [-0.2, 0) is 11.3 Å². The van der Waals surface area contributed by atoms with Crippen molar-refractivity contribution in [2.24, 2.45) is 0 Å². The first-order chi connectivity index (χ1) is 9.13. The second-order valence-corrected chi connectivity index (χ2v) is 3.97. The second-order valence-electron chi connectivity index (χ2n) is 3.97. The van der Waals surface area contributed by atoms with Crippen LogP contribution < -0.4 is 16.4 Å². The van der Waals surface area contributed by atoms with E-state index in [2.05, 4.69) is 17.0 Å². The minimum absolute atomic E-state index is 0.229. The molecule has 2 aromatic rings. The molecular formula is C13H13N3O3. The molecule has 1 amide bonds. The number of carbonyl (C=O) groups is 1. The molecule has 0 saturated carbocycles. The molecule has 2 N–H and O–H groups in total. The smallest absolute Gasteiger partial charge is 0.273 e. The fourth-order valence-corrected chi connectivity index (χ4v) is 1.74. The molecule has 1 aromatic carbocycles. The van der Waals surface area contributed by atoms with E-state index in [0.717, 1.165) is 4.68 Å². The molecule has 0 fully saturated rings. The number of hydrogen-bond acceptors (Lipinski definition) is 3. The minimum Gasteiger partial charge on any atom is -0.351 e. The molecular weight excluding hydrogens is 246 g/mol. The van der Waals surface area contributed by atoms with Gasteiger partial charge in [-0.15, -0.1) is 6.58 Å². The van der Waals surface area contributed by atoms with Gasteiger partial charge in [0.1, 0.15) is 6.54 Å². The highest BCUT2D eigenvalue weighted by molar-refractivity contribution is 5.81. The summed E-state index contributed by atoms with van der Waals surface area (Å²) in [5, 5.41) is 5.53. The summed E-state index contributed by atoms with van der Waals surface area (Å²) >= 11 is 0. The van der Waals surface area contributed by atoms with E-state index in [4.69, 9.17) is 0 Å². The molecule has 2 rings (SSSR count). The predicted octanol–water partition coefficient (Wildman–Crippen LogP) is -0.00800.